The van der Waals surface area contributed by atoms with Crippen molar-refractivity contribution in [3.63, 3.8) is 0 Å². The van der Waals surface area contributed by atoms with Crippen LogP contribution in [0.15, 0.2) is 41.4 Å². The summed E-state index contributed by atoms with van der Waals surface area (Å²) < 4.78 is 5.19. The minimum atomic E-state index is -0.366. The number of hydrogen-bond acceptors (Lipinski definition) is 5. The predicted octanol–water partition coefficient (Wildman–Crippen LogP) is 2.90. The molecule has 3 heterocycles. The molecule has 148 valence electrons. The monoisotopic (exact) mass is 398 g/mol. The van der Waals surface area contributed by atoms with Crippen molar-refractivity contribution < 1.29 is 9.53 Å². The highest BCUT2D eigenvalue weighted by atomic mass is 32.1. The van der Waals surface area contributed by atoms with E-state index >= 15 is 0 Å². The molecular formula is C21H26N4O2S. The SMILES string of the molecule is COCCN=C1Nc2ccccc2CNC12CCN(C(=O)c1ccc(C)s1)C2. The number of amidine groups is 1. The number of hydrogen-bond donors (Lipinski definition) is 2. The molecule has 1 saturated heterocycles. The number of carbonyl (C=O) groups excluding carboxylic acids is 1. The number of carbonyl (C=O) groups is 1. The van der Waals surface area contributed by atoms with Crippen LogP contribution in [-0.4, -0.2) is 55.5 Å². The first kappa shape index (κ1) is 19.1. The van der Waals surface area contributed by atoms with E-state index in [1.807, 2.05) is 36.1 Å². The molecule has 7 heteroatoms. The van der Waals surface area contributed by atoms with E-state index in [-0.39, 0.29) is 11.4 Å². The Hall–Kier alpha value is -2.22. The molecule has 4 rings (SSSR count). The number of thiophene rings is 1. The topological polar surface area (TPSA) is 66.0 Å². The van der Waals surface area contributed by atoms with Crippen LogP contribution < -0.4 is 10.6 Å². The smallest absolute Gasteiger partial charge is 0.264 e. The number of amides is 1. The third-order valence-corrected chi connectivity index (χ3v) is 6.40. The zero-order valence-corrected chi connectivity index (χ0v) is 17.1. The lowest BCUT2D eigenvalue weighted by Crippen LogP contribution is -2.55. The molecule has 1 aromatic heterocycles. The van der Waals surface area contributed by atoms with Gasteiger partial charge in [-0.2, -0.15) is 0 Å². The van der Waals surface area contributed by atoms with E-state index in [2.05, 4.69) is 22.8 Å². The van der Waals surface area contributed by atoms with Crippen molar-refractivity contribution in [2.24, 2.45) is 4.99 Å². The zero-order valence-electron chi connectivity index (χ0n) is 16.3. The highest BCUT2D eigenvalue weighted by Crippen LogP contribution is 2.31. The highest BCUT2D eigenvalue weighted by Gasteiger charge is 2.45. The standard InChI is InChI=1S/C21H26N4O2S/c1-15-7-8-18(28-15)19(26)25-11-9-21(14-25)20(22-10-12-27-2)24-17-6-4-3-5-16(17)13-23-21/h3-8,23H,9-14H2,1-2H3,(H,22,24). The summed E-state index contributed by atoms with van der Waals surface area (Å²) in [4.78, 5) is 21.7. The minimum absolute atomic E-state index is 0.106. The van der Waals surface area contributed by atoms with Crippen molar-refractivity contribution in [3.05, 3.63) is 51.7 Å². The maximum absolute atomic E-state index is 13.0. The van der Waals surface area contributed by atoms with Gasteiger partial charge in [-0.3, -0.25) is 15.1 Å². The molecule has 28 heavy (non-hydrogen) atoms. The Morgan fingerprint density at radius 3 is 2.96 bits per heavy atom. The Labute approximate surface area is 169 Å². The quantitative estimate of drug-likeness (QED) is 0.778. The number of nitrogens with one attached hydrogen (secondary N) is 2. The molecule has 1 aromatic carbocycles. The van der Waals surface area contributed by atoms with Crippen molar-refractivity contribution in [1.82, 2.24) is 10.2 Å². The molecule has 1 fully saturated rings. The average molecular weight is 399 g/mol. The summed E-state index contributed by atoms with van der Waals surface area (Å²) >= 11 is 1.56. The van der Waals surface area contributed by atoms with E-state index in [1.54, 1.807) is 18.4 Å². The van der Waals surface area contributed by atoms with Gasteiger partial charge in [0.1, 0.15) is 5.84 Å². The van der Waals surface area contributed by atoms with Crippen LogP contribution in [0.5, 0.6) is 0 Å². The van der Waals surface area contributed by atoms with Crippen molar-refractivity contribution >= 4 is 28.8 Å². The molecule has 2 aliphatic heterocycles. The Bertz CT molecular complexity index is 894. The van der Waals surface area contributed by atoms with Gasteiger partial charge in [-0.05, 0) is 37.1 Å². The van der Waals surface area contributed by atoms with Gasteiger partial charge in [-0.1, -0.05) is 18.2 Å². The number of nitrogens with zero attached hydrogens (tertiary/aromatic N) is 2. The fourth-order valence-electron chi connectivity index (χ4n) is 3.86. The molecule has 2 aromatic rings. The molecule has 1 amide bonds. The number of methoxy groups -OCH3 is 1. The lowest BCUT2D eigenvalue weighted by Gasteiger charge is -2.30. The van der Waals surface area contributed by atoms with Crippen molar-refractivity contribution in [2.75, 3.05) is 38.7 Å². The first-order chi connectivity index (χ1) is 13.6. The summed E-state index contributed by atoms with van der Waals surface area (Å²) in [6, 6.07) is 12.2. The zero-order chi connectivity index (χ0) is 19.6. The highest BCUT2D eigenvalue weighted by molar-refractivity contribution is 7.13. The first-order valence-electron chi connectivity index (χ1n) is 9.61. The van der Waals surface area contributed by atoms with E-state index < -0.39 is 0 Å². The van der Waals surface area contributed by atoms with Gasteiger partial charge in [-0.15, -0.1) is 11.3 Å². The molecule has 2 N–H and O–H groups in total. The van der Waals surface area contributed by atoms with Gasteiger partial charge in [0.2, 0.25) is 0 Å². The number of aryl methyl sites for hydroxylation is 1. The van der Waals surface area contributed by atoms with E-state index in [0.717, 1.165) is 34.2 Å². The van der Waals surface area contributed by atoms with Crippen molar-refractivity contribution in [1.29, 1.82) is 0 Å². The van der Waals surface area contributed by atoms with E-state index in [4.69, 9.17) is 9.73 Å². The molecule has 0 bridgehead atoms. The second kappa shape index (κ2) is 8.03. The second-order valence-electron chi connectivity index (χ2n) is 7.33. The van der Waals surface area contributed by atoms with Crippen LogP contribution in [0.3, 0.4) is 0 Å². The molecule has 0 radical (unpaired) electrons. The van der Waals surface area contributed by atoms with Crippen LogP contribution in [0.4, 0.5) is 5.69 Å². The van der Waals surface area contributed by atoms with Crippen LogP contribution in [0.25, 0.3) is 0 Å². The van der Waals surface area contributed by atoms with Crippen LogP contribution in [-0.2, 0) is 11.3 Å². The van der Waals surface area contributed by atoms with Crippen molar-refractivity contribution in [3.8, 4) is 0 Å². The fraction of sp³-hybridized carbons (Fsp3) is 0.429. The number of anilines is 1. The van der Waals surface area contributed by atoms with Crippen LogP contribution in [0.1, 0.15) is 26.5 Å². The molecule has 6 nitrogen and oxygen atoms in total. The third-order valence-electron chi connectivity index (χ3n) is 5.41. The Morgan fingerprint density at radius 1 is 1.32 bits per heavy atom. The Morgan fingerprint density at radius 2 is 2.18 bits per heavy atom. The molecule has 0 aliphatic carbocycles. The number of aliphatic imine (C=N–C) groups is 1. The summed E-state index contributed by atoms with van der Waals surface area (Å²) in [7, 11) is 1.68. The molecule has 0 saturated carbocycles. The van der Waals surface area contributed by atoms with Gasteiger partial charge in [0, 0.05) is 37.3 Å². The van der Waals surface area contributed by atoms with Gasteiger partial charge in [0.15, 0.2) is 0 Å². The first-order valence-corrected chi connectivity index (χ1v) is 10.4. The number of ether oxygens (including phenoxy) is 1. The normalized spacial score (nSPS) is 22.9. The number of rotatable bonds is 4. The third kappa shape index (κ3) is 3.70. The number of para-hydroxylation sites is 1. The number of fused-ring (bicyclic) bond motifs is 1. The Balaban J connectivity index is 1.60. The van der Waals surface area contributed by atoms with Crippen molar-refractivity contribution in [2.45, 2.75) is 25.4 Å². The summed E-state index contributed by atoms with van der Waals surface area (Å²) in [5.41, 5.74) is 1.91. The fourth-order valence-corrected chi connectivity index (χ4v) is 4.69. The summed E-state index contributed by atoms with van der Waals surface area (Å²) in [6.45, 7) is 5.25. The number of likely N-dealkylation sites (tertiary alicyclic amines) is 1. The van der Waals surface area contributed by atoms with Gasteiger partial charge < -0.3 is 15.0 Å². The molecule has 2 aliphatic rings. The maximum Gasteiger partial charge on any atom is 0.264 e. The molecule has 1 spiro atoms. The van der Waals surface area contributed by atoms with E-state index in [9.17, 15) is 4.79 Å². The van der Waals surface area contributed by atoms with E-state index in [0.29, 0.717) is 26.2 Å². The summed E-state index contributed by atoms with van der Waals surface area (Å²) in [5.74, 6) is 1.00. The lowest BCUT2D eigenvalue weighted by molar-refractivity contribution is 0.0790. The summed E-state index contributed by atoms with van der Waals surface area (Å²) in [6.07, 6.45) is 0.829. The minimum Gasteiger partial charge on any atom is -0.383 e. The van der Waals surface area contributed by atoms with E-state index in [1.165, 1.54) is 5.56 Å². The molecule has 1 unspecified atom stereocenters. The Kier molecular flexibility index (Phi) is 5.48. The molecular weight excluding hydrogens is 372 g/mol. The lowest BCUT2D eigenvalue weighted by atomic mass is 9.96. The van der Waals surface area contributed by atoms with Gasteiger partial charge >= 0.3 is 0 Å². The average Bonchev–Trinajstić information content (AvgIpc) is 3.29. The van der Waals surface area contributed by atoms with Gasteiger partial charge in [-0.25, -0.2) is 0 Å². The van der Waals surface area contributed by atoms with Gasteiger partial charge in [0.25, 0.3) is 5.91 Å². The molecule has 1 atom stereocenters. The van der Waals surface area contributed by atoms with Crippen LogP contribution >= 0.6 is 11.3 Å². The van der Waals surface area contributed by atoms with Crippen LogP contribution in [0.2, 0.25) is 0 Å². The predicted molar refractivity (Wildman–Crippen MR) is 113 cm³/mol. The van der Waals surface area contributed by atoms with Gasteiger partial charge in [0.05, 0.1) is 23.6 Å². The maximum atomic E-state index is 13.0. The second-order valence-corrected chi connectivity index (χ2v) is 8.62. The largest absolute Gasteiger partial charge is 0.383 e. The summed E-state index contributed by atoms with van der Waals surface area (Å²) in [5, 5.41) is 7.26. The number of benzene rings is 1. The van der Waals surface area contributed by atoms with Crippen LogP contribution in [0, 0.1) is 6.92 Å².